The fraction of sp³-hybridized carbons (Fsp3) is 0.0588. The lowest BCUT2D eigenvalue weighted by atomic mass is 9.85. The minimum atomic E-state index is 0.785. The maximum Gasteiger partial charge on any atom is 0.118 e. The smallest absolute Gasteiger partial charge is 0.118 e. The molecule has 0 fully saturated rings. The lowest BCUT2D eigenvalue weighted by Crippen LogP contribution is -1.98. The van der Waals surface area contributed by atoms with Gasteiger partial charge < -0.3 is 37.9 Å². The van der Waals surface area contributed by atoms with Crippen LogP contribution in [0.2, 0.25) is 0 Å². The molecule has 0 aliphatic heterocycles. The third-order valence-electron chi connectivity index (χ3n) is 26.9. The van der Waals surface area contributed by atoms with Crippen molar-refractivity contribution < 1.29 is 37.9 Å². The molecule has 0 radical (unpaired) electrons. The third-order valence-corrected chi connectivity index (χ3v) is 26.9. The molecule has 0 unspecified atom stereocenters. The molecule has 0 saturated heterocycles. The highest BCUT2D eigenvalue weighted by Gasteiger charge is 2.25. The van der Waals surface area contributed by atoms with Crippen LogP contribution in [0.15, 0.2) is 449 Å². The van der Waals surface area contributed by atoms with Gasteiger partial charge in [0.25, 0.3) is 0 Å². The van der Waals surface area contributed by atoms with Gasteiger partial charge in [0.1, 0.15) is 46.0 Å². The average Bonchev–Trinajstić information content (AvgIpc) is 0.715. The molecule has 0 heterocycles. The molecule has 0 aromatic heterocycles. The second-order valence-electron chi connectivity index (χ2n) is 35.3. The monoisotopic (exact) mass is 1870 g/mol. The molecule has 698 valence electrons. The normalized spacial score (nSPS) is 11.4. The van der Waals surface area contributed by atoms with E-state index in [4.69, 9.17) is 37.9 Å². The van der Waals surface area contributed by atoms with Gasteiger partial charge in [-0.15, -0.1) is 0 Å². The van der Waals surface area contributed by atoms with Gasteiger partial charge in [-0.25, -0.2) is 0 Å². The zero-order valence-corrected chi connectivity index (χ0v) is 81.6. The van der Waals surface area contributed by atoms with Crippen LogP contribution < -0.4 is 37.9 Å². The molecule has 20 rings (SSSR count). The molecule has 8 heteroatoms. The van der Waals surface area contributed by atoms with E-state index in [-0.39, 0.29) is 0 Å². The molecular formula is C136H106O8. The first-order chi connectivity index (χ1) is 71.0. The Labute approximate surface area is 843 Å². The molecule has 0 atom stereocenters. The van der Waals surface area contributed by atoms with Crippen LogP contribution in [0.1, 0.15) is 134 Å². The van der Waals surface area contributed by atoms with Crippen LogP contribution in [0.25, 0.3) is 126 Å². The maximum absolute atomic E-state index is 5.72. The molecule has 0 spiro atoms. The van der Waals surface area contributed by atoms with E-state index in [1.165, 1.54) is 0 Å². The van der Waals surface area contributed by atoms with Crippen LogP contribution >= 0.6 is 0 Å². The van der Waals surface area contributed by atoms with Crippen molar-refractivity contribution >= 4 is 126 Å². The molecule has 0 bridgehead atoms. The molecule has 20 aromatic rings. The quantitative estimate of drug-likeness (QED) is 0.0305. The highest BCUT2D eigenvalue weighted by atomic mass is 16.5. The molecule has 8 nitrogen and oxygen atoms in total. The van der Waals surface area contributed by atoms with Crippen LogP contribution in [-0.2, 0) is 0 Å². The van der Waals surface area contributed by atoms with Gasteiger partial charge in [0.15, 0.2) is 0 Å². The van der Waals surface area contributed by atoms with Gasteiger partial charge in [0.2, 0.25) is 0 Å². The Morgan fingerprint density at radius 1 is 0.132 bits per heavy atom. The van der Waals surface area contributed by atoms with Gasteiger partial charge in [0.05, 0.1) is 56.9 Å². The Hall–Kier alpha value is -18.2. The van der Waals surface area contributed by atoms with Crippen molar-refractivity contribution in [2.24, 2.45) is 0 Å². The first-order valence-corrected chi connectivity index (χ1v) is 48.3. The van der Waals surface area contributed by atoms with Gasteiger partial charge in [-0.3, -0.25) is 0 Å². The number of ether oxygens (including phenoxy) is 8. The van der Waals surface area contributed by atoms with Crippen LogP contribution in [0.4, 0.5) is 0 Å². The Kier molecular flexibility index (Phi) is 28.2. The van der Waals surface area contributed by atoms with Gasteiger partial charge in [-0.05, 0) is 320 Å². The fourth-order valence-electron chi connectivity index (χ4n) is 19.6. The summed E-state index contributed by atoms with van der Waals surface area (Å²) in [5.41, 5.74) is 34.2. The lowest BCUT2D eigenvalue weighted by Gasteiger charge is -2.19. The van der Waals surface area contributed by atoms with E-state index in [2.05, 4.69) is 400 Å². The summed E-state index contributed by atoms with van der Waals surface area (Å²) < 4.78 is 45.7. The molecule has 20 aromatic carbocycles. The van der Waals surface area contributed by atoms with Gasteiger partial charge in [-0.2, -0.15) is 0 Å². The topological polar surface area (TPSA) is 73.8 Å². The summed E-state index contributed by atoms with van der Waals surface area (Å²) in [6.45, 7) is 0. The van der Waals surface area contributed by atoms with Gasteiger partial charge >= 0.3 is 0 Å². The number of methoxy groups -OCH3 is 8. The first-order valence-electron chi connectivity index (χ1n) is 48.3. The second kappa shape index (κ2) is 43.4. The van der Waals surface area contributed by atoms with Crippen LogP contribution in [0.5, 0.6) is 46.0 Å². The number of benzene rings is 20. The van der Waals surface area contributed by atoms with Crippen LogP contribution in [0.3, 0.4) is 0 Å². The Balaban J connectivity index is 0.764. The van der Waals surface area contributed by atoms with Gasteiger partial charge in [-0.1, -0.05) is 388 Å². The van der Waals surface area contributed by atoms with Crippen molar-refractivity contribution in [3.8, 4) is 46.0 Å². The summed E-state index contributed by atoms with van der Waals surface area (Å²) in [6, 6.07) is 160. The van der Waals surface area contributed by atoms with Crippen molar-refractivity contribution in [3.05, 3.63) is 582 Å². The molecular weight excluding hydrogens is 1760 g/mol. The summed E-state index contributed by atoms with van der Waals surface area (Å²) in [6.07, 6.45) is 18.3. The SMILES string of the molecule is COc1ccc(C(=C(c2ccccc2)c2ccc(/C=C/c3cc(/C=C/c4ccc(C(=C(c5ccc(OC)cc5)c5ccc(OC)cc5)c5ccccc5)cc4)c4ccc5c(/C=C/c6ccc(C(=C(c7ccc(OC)cc7)c7ccc(OC)cc7)c7ccccc7)cc6)cc(/C=C/c6ccc(C(=C(c7ccc(OC)cc7)c7ccc(OC)cc7)c7ccccc7)cc6)c6ccc3c4c65)cc2)c2ccc(OC)cc2)cc1. The number of hydrogen-bond donors (Lipinski definition) is 0. The van der Waals surface area contributed by atoms with Crippen molar-refractivity contribution in [1.29, 1.82) is 0 Å². The zero-order chi connectivity index (χ0) is 98.2. The highest BCUT2D eigenvalue weighted by Crippen LogP contribution is 2.48. The van der Waals surface area contributed by atoms with Crippen molar-refractivity contribution in [2.75, 3.05) is 56.9 Å². The van der Waals surface area contributed by atoms with E-state index in [9.17, 15) is 0 Å². The molecule has 0 aliphatic rings. The minimum Gasteiger partial charge on any atom is -0.497 e. The summed E-state index contributed by atoms with van der Waals surface area (Å²) in [7, 11) is 13.6. The Bertz CT molecular complexity index is 7000. The van der Waals surface area contributed by atoms with E-state index in [1.807, 2.05) is 97.1 Å². The predicted molar refractivity (Wildman–Crippen MR) is 601 cm³/mol. The Morgan fingerprint density at radius 2 is 0.257 bits per heavy atom. The molecule has 0 N–H and O–H groups in total. The van der Waals surface area contributed by atoms with E-state index in [1.54, 1.807) is 56.9 Å². The number of hydrogen-bond acceptors (Lipinski definition) is 8. The highest BCUT2D eigenvalue weighted by molar-refractivity contribution is 6.29. The average molecular weight is 1870 g/mol. The molecule has 144 heavy (non-hydrogen) atoms. The first kappa shape index (κ1) is 93.4. The van der Waals surface area contributed by atoms with Crippen molar-refractivity contribution in [2.45, 2.75) is 0 Å². The van der Waals surface area contributed by atoms with Crippen LogP contribution in [0, 0.1) is 0 Å². The largest absolute Gasteiger partial charge is 0.497 e. The van der Waals surface area contributed by atoms with E-state index < -0.39 is 0 Å². The van der Waals surface area contributed by atoms with Gasteiger partial charge in [0, 0.05) is 0 Å². The fourth-order valence-corrected chi connectivity index (χ4v) is 19.6. The Morgan fingerprint density at radius 3 is 0.389 bits per heavy atom. The van der Waals surface area contributed by atoms with Crippen LogP contribution in [-0.4, -0.2) is 56.9 Å². The van der Waals surface area contributed by atoms with E-state index in [0.29, 0.717) is 0 Å². The minimum absolute atomic E-state index is 0.785. The molecule has 0 amide bonds. The number of rotatable bonds is 32. The lowest BCUT2D eigenvalue weighted by molar-refractivity contribution is 0.414. The van der Waals surface area contributed by atoms with Crippen molar-refractivity contribution in [3.63, 3.8) is 0 Å². The summed E-state index contributed by atoms with van der Waals surface area (Å²) in [5, 5.41) is 6.82. The third kappa shape index (κ3) is 20.2. The zero-order valence-electron chi connectivity index (χ0n) is 81.6. The van der Waals surface area contributed by atoms with Crippen molar-refractivity contribution in [1.82, 2.24) is 0 Å². The standard InChI is InChI=1S/C136H106O8/c1-137-115-69-53-103(54-70-115)131(104-55-71-116(138-2)72-56-104)127(95-21-13-9-14-22-95)99-41-29-91(30-42-99)37-49-111-89-112(50-38-92-31-43-100(44-32-92)128(96-23-15-10-16-24-96)132(105-57-73-117(139-3)74-58-105)106-59-75-118(140-4)76-60-106)124-87-88-126-114(52-40-94-35-47-102(48-36-94)130(98-27-19-12-20-28-98)134(109-65-81-121(143-7)82-66-109)110-67-83-122(144-8)84-68-110)90-113(125-86-85-123(111)135(124)136(125)126)51-39-93-33-45-101(46-34-93)129(97-25-17-11-18-26-97)133(107-61-77-119(141-5)78-62-107)108-63-79-120(142-6)80-64-108/h9-90H,1-8H3/b49-37+,50-38+,51-39+,52-40+. The van der Waals surface area contributed by atoms with E-state index >= 15 is 0 Å². The summed E-state index contributed by atoms with van der Waals surface area (Å²) >= 11 is 0. The summed E-state index contributed by atoms with van der Waals surface area (Å²) in [5.74, 6) is 6.28. The van der Waals surface area contributed by atoms with E-state index in [0.717, 1.165) is 256 Å². The second-order valence-corrected chi connectivity index (χ2v) is 35.3. The molecule has 0 saturated carbocycles. The molecule has 0 aliphatic carbocycles. The summed E-state index contributed by atoms with van der Waals surface area (Å²) in [4.78, 5) is 0. The maximum atomic E-state index is 5.72. The predicted octanol–water partition coefficient (Wildman–Crippen LogP) is 33.4.